The first kappa shape index (κ1) is 12.4. The fourth-order valence-electron chi connectivity index (χ4n) is 1.77. The lowest BCUT2D eigenvalue weighted by molar-refractivity contribution is 0.114. The quantitative estimate of drug-likeness (QED) is 0.822. The Bertz CT molecular complexity index is 348. The van der Waals surface area contributed by atoms with Crippen molar-refractivity contribution in [3.8, 4) is 5.88 Å². The van der Waals surface area contributed by atoms with E-state index in [4.69, 9.17) is 4.74 Å². The van der Waals surface area contributed by atoms with E-state index in [1.807, 2.05) is 18.2 Å². The molecule has 1 saturated carbocycles. The summed E-state index contributed by atoms with van der Waals surface area (Å²) in [6.45, 7) is 6.25. The second-order valence-electron chi connectivity index (χ2n) is 5.16. The first-order valence-corrected chi connectivity index (χ1v) is 6.57. The Labute approximate surface area is 104 Å². The largest absolute Gasteiger partial charge is 0.474 e. The SMILES string of the molecule is CC(C)CNCc1cccc(OC2CCC2)n1. The molecular formula is C14H22N2O. The van der Waals surface area contributed by atoms with E-state index in [1.165, 1.54) is 19.3 Å². The predicted octanol–water partition coefficient (Wildman–Crippen LogP) is 2.76. The number of hydrogen-bond donors (Lipinski definition) is 1. The van der Waals surface area contributed by atoms with Gasteiger partial charge in [0, 0.05) is 12.6 Å². The summed E-state index contributed by atoms with van der Waals surface area (Å²) in [6, 6.07) is 6.01. The molecule has 1 aliphatic rings. The van der Waals surface area contributed by atoms with Gasteiger partial charge in [0.1, 0.15) is 6.10 Å². The molecule has 0 atom stereocenters. The van der Waals surface area contributed by atoms with Crippen LogP contribution in [0.15, 0.2) is 18.2 Å². The van der Waals surface area contributed by atoms with E-state index in [-0.39, 0.29) is 0 Å². The highest BCUT2D eigenvalue weighted by Crippen LogP contribution is 2.23. The standard InChI is InChI=1S/C14H22N2O/c1-11(2)9-15-10-12-5-3-8-14(16-12)17-13-6-4-7-13/h3,5,8,11,13,15H,4,6-7,9-10H2,1-2H3. The van der Waals surface area contributed by atoms with Crippen LogP contribution in [-0.4, -0.2) is 17.6 Å². The van der Waals surface area contributed by atoms with Crippen LogP contribution < -0.4 is 10.1 Å². The summed E-state index contributed by atoms with van der Waals surface area (Å²) in [7, 11) is 0. The van der Waals surface area contributed by atoms with Crippen molar-refractivity contribution in [2.24, 2.45) is 5.92 Å². The van der Waals surface area contributed by atoms with Crippen LogP contribution in [0.25, 0.3) is 0 Å². The van der Waals surface area contributed by atoms with Gasteiger partial charge in [-0.3, -0.25) is 0 Å². The Hall–Kier alpha value is -1.09. The Morgan fingerprint density at radius 2 is 2.24 bits per heavy atom. The van der Waals surface area contributed by atoms with E-state index in [1.54, 1.807) is 0 Å². The Kier molecular flexibility index (Phi) is 4.37. The van der Waals surface area contributed by atoms with Gasteiger partial charge in [-0.1, -0.05) is 19.9 Å². The topological polar surface area (TPSA) is 34.1 Å². The summed E-state index contributed by atoms with van der Waals surface area (Å²) in [5.41, 5.74) is 1.06. The Morgan fingerprint density at radius 1 is 1.41 bits per heavy atom. The van der Waals surface area contributed by atoms with Gasteiger partial charge >= 0.3 is 0 Å². The molecular weight excluding hydrogens is 212 g/mol. The van der Waals surface area contributed by atoms with Crippen LogP contribution in [0.5, 0.6) is 5.88 Å². The van der Waals surface area contributed by atoms with E-state index in [0.29, 0.717) is 12.0 Å². The summed E-state index contributed by atoms with van der Waals surface area (Å²) in [4.78, 5) is 4.51. The maximum atomic E-state index is 5.78. The van der Waals surface area contributed by atoms with Crippen LogP contribution in [0.2, 0.25) is 0 Å². The first-order valence-electron chi connectivity index (χ1n) is 6.57. The number of nitrogens with one attached hydrogen (secondary N) is 1. The minimum Gasteiger partial charge on any atom is -0.474 e. The minimum absolute atomic E-state index is 0.404. The molecule has 1 N–H and O–H groups in total. The van der Waals surface area contributed by atoms with Crippen LogP contribution >= 0.6 is 0 Å². The van der Waals surface area contributed by atoms with Gasteiger partial charge in [0.25, 0.3) is 0 Å². The van der Waals surface area contributed by atoms with Crippen molar-refractivity contribution in [3.05, 3.63) is 23.9 Å². The summed E-state index contributed by atoms with van der Waals surface area (Å²) in [5, 5.41) is 3.39. The van der Waals surface area contributed by atoms with Gasteiger partial charge in [0.15, 0.2) is 0 Å². The number of pyridine rings is 1. The molecule has 0 spiro atoms. The predicted molar refractivity (Wildman–Crippen MR) is 69.0 cm³/mol. The molecule has 2 rings (SSSR count). The molecule has 0 aliphatic heterocycles. The van der Waals surface area contributed by atoms with E-state index in [9.17, 15) is 0 Å². The number of hydrogen-bond acceptors (Lipinski definition) is 3. The monoisotopic (exact) mass is 234 g/mol. The van der Waals surface area contributed by atoms with E-state index < -0.39 is 0 Å². The number of rotatable bonds is 6. The van der Waals surface area contributed by atoms with E-state index in [2.05, 4.69) is 24.1 Å². The van der Waals surface area contributed by atoms with Crippen LogP contribution in [-0.2, 0) is 6.54 Å². The normalized spacial score (nSPS) is 15.9. The highest BCUT2D eigenvalue weighted by Gasteiger charge is 2.19. The number of ether oxygens (including phenoxy) is 1. The van der Waals surface area contributed by atoms with Crippen molar-refractivity contribution in [3.63, 3.8) is 0 Å². The zero-order valence-corrected chi connectivity index (χ0v) is 10.8. The summed E-state index contributed by atoms with van der Waals surface area (Å²) >= 11 is 0. The van der Waals surface area contributed by atoms with Gasteiger partial charge in [-0.2, -0.15) is 0 Å². The lowest BCUT2D eigenvalue weighted by Crippen LogP contribution is -2.25. The molecule has 1 aliphatic carbocycles. The summed E-state index contributed by atoms with van der Waals surface area (Å²) in [5.74, 6) is 1.45. The maximum absolute atomic E-state index is 5.78. The second kappa shape index (κ2) is 6.01. The molecule has 17 heavy (non-hydrogen) atoms. The van der Waals surface area contributed by atoms with Gasteiger partial charge in [0.05, 0.1) is 5.69 Å². The highest BCUT2D eigenvalue weighted by molar-refractivity contribution is 5.16. The van der Waals surface area contributed by atoms with E-state index >= 15 is 0 Å². The molecule has 1 fully saturated rings. The zero-order chi connectivity index (χ0) is 12.1. The molecule has 0 aromatic carbocycles. The molecule has 1 aromatic heterocycles. The molecule has 1 heterocycles. The molecule has 0 amide bonds. The fraction of sp³-hybridized carbons (Fsp3) is 0.643. The third kappa shape index (κ3) is 4.00. The van der Waals surface area contributed by atoms with Gasteiger partial charge < -0.3 is 10.1 Å². The molecule has 0 radical (unpaired) electrons. The lowest BCUT2D eigenvalue weighted by Gasteiger charge is -2.25. The molecule has 3 nitrogen and oxygen atoms in total. The molecule has 0 unspecified atom stereocenters. The van der Waals surface area contributed by atoms with Crippen molar-refractivity contribution in [1.82, 2.24) is 10.3 Å². The van der Waals surface area contributed by atoms with Gasteiger partial charge in [0.2, 0.25) is 5.88 Å². The number of aromatic nitrogens is 1. The third-order valence-electron chi connectivity index (χ3n) is 2.98. The lowest BCUT2D eigenvalue weighted by atomic mass is 9.96. The Morgan fingerprint density at radius 3 is 2.88 bits per heavy atom. The van der Waals surface area contributed by atoms with Crippen molar-refractivity contribution in [1.29, 1.82) is 0 Å². The average Bonchev–Trinajstić information content (AvgIpc) is 2.24. The van der Waals surface area contributed by atoms with Crippen LogP contribution in [0.3, 0.4) is 0 Å². The third-order valence-corrected chi connectivity index (χ3v) is 2.98. The maximum Gasteiger partial charge on any atom is 0.213 e. The second-order valence-corrected chi connectivity index (χ2v) is 5.16. The van der Waals surface area contributed by atoms with Crippen molar-refractivity contribution in [2.75, 3.05) is 6.54 Å². The molecule has 94 valence electrons. The summed E-state index contributed by atoms with van der Waals surface area (Å²) in [6.07, 6.45) is 4.05. The van der Waals surface area contributed by atoms with Crippen molar-refractivity contribution >= 4 is 0 Å². The Balaban J connectivity index is 1.82. The van der Waals surface area contributed by atoms with Crippen molar-refractivity contribution in [2.45, 2.75) is 45.8 Å². The van der Waals surface area contributed by atoms with E-state index in [0.717, 1.165) is 24.7 Å². The van der Waals surface area contributed by atoms with Gasteiger partial charge in [-0.25, -0.2) is 4.98 Å². The van der Waals surface area contributed by atoms with Crippen LogP contribution in [0.1, 0.15) is 38.8 Å². The molecule has 0 saturated heterocycles. The highest BCUT2D eigenvalue weighted by atomic mass is 16.5. The summed E-state index contributed by atoms with van der Waals surface area (Å²) < 4.78 is 5.78. The van der Waals surface area contributed by atoms with Crippen molar-refractivity contribution < 1.29 is 4.74 Å². The fourth-order valence-corrected chi connectivity index (χ4v) is 1.77. The minimum atomic E-state index is 0.404. The zero-order valence-electron chi connectivity index (χ0n) is 10.8. The molecule has 0 bridgehead atoms. The number of nitrogens with zero attached hydrogens (tertiary/aromatic N) is 1. The van der Waals surface area contributed by atoms with Crippen LogP contribution in [0, 0.1) is 5.92 Å². The van der Waals surface area contributed by atoms with Gasteiger partial charge in [-0.15, -0.1) is 0 Å². The molecule has 1 aromatic rings. The average molecular weight is 234 g/mol. The van der Waals surface area contributed by atoms with Gasteiger partial charge in [-0.05, 0) is 37.8 Å². The molecule has 3 heteroatoms. The first-order chi connectivity index (χ1) is 8.24. The smallest absolute Gasteiger partial charge is 0.213 e. The van der Waals surface area contributed by atoms with Crippen LogP contribution in [0.4, 0.5) is 0 Å².